The predicted molar refractivity (Wildman–Crippen MR) is 61.2 cm³/mol. The fraction of sp³-hybridized carbons (Fsp3) is 0.125. The third kappa shape index (κ3) is 2.66. The van der Waals surface area contributed by atoms with Crippen LogP contribution in [0.4, 0.5) is 11.4 Å². The van der Waals surface area contributed by atoms with Crippen LogP contribution in [-0.4, -0.2) is 25.6 Å². The molecule has 0 bridgehead atoms. The number of hydrogen-bond acceptors (Lipinski definition) is 6. The van der Waals surface area contributed by atoms with Crippen LogP contribution in [0.25, 0.3) is 0 Å². The minimum absolute atomic E-state index is 0.531. The first-order chi connectivity index (χ1) is 8.25. The van der Waals surface area contributed by atoms with Crippen molar-refractivity contribution < 1.29 is 19.7 Å². The zero-order chi connectivity index (χ0) is 14.0. The third-order valence-corrected chi connectivity index (χ3v) is 2.34. The van der Waals surface area contributed by atoms with E-state index in [0.717, 1.165) is 0 Å². The zero-order valence-electron chi connectivity index (χ0n) is 8.37. The van der Waals surface area contributed by atoms with Crippen LogP contribution in [0.15, 0.2) is 12.1 Å². The molecule has 8 nitrogen and oxygen atoms in total. The summed E-state index contributed by atoms with van der Waals surface area (Å²) < 4.78 is 0. The minimum atomic E-state index is -1.60. The molecule has 18 heavy (non-hydrogen) atoms. The Morgan fingerprint density at radius 1 is 1.22 bits per heavy atom. The maximum atomic E-state index is 11.4. The van der Waals surface area contributed by atoms with E-state index in [1.807, 2.05) is 0 Å². The Morgan fingerprint density at radius 2 is 1.78 bits per heavy atom. The average Bonchev–Trinajstić information content (AvgIpc) is 2.27. The highest BCUT2D eigenvalue weighted by Gasteiger charge is 2.29. The number of benzene rings is 1. The molecule has 0 atom stereocenters. The van der Waals surface area contributed by atoms with Crippen molar-refractivity contribution in [3.05, 3.63) is 37.9 Å². The number of rotatable bonds is 4. The summed E-state index contributed by atoms with van der Waals surface area (Å²) in [5.74, 6) is -2.08. The Balaban J connectivity index is 3.55. The minimum Gasteiger partial charge on any atom is -0.502 e. The SMILES string of the molecule is O=C(c1cc([N+](=O)[O-])cc([N+](=O)[O-])c1O)C(Cl)Cl. The van der Waals surface area contributed by atoms with Crippen molar-refractivity contribution in [2.24, 2.45) is 0 Å². The monoisotopic (exact) mass is 294 g/mol. The topological polar surface area (TPSA) is 124 Å². The molecule has 0 radical (unpaired) electrons. The highest BCUT2D eigenvalue weighted by atomic mass is 35.5. The lowest BCUT2D eigenvalue weighted by Gasteiger charge is -2.04. The van der Waals surface area contributed by atoms with E-state index < -0.39 is 43.2 Å². The van der Waals surface area contributed by atoms with Crippen molar-refractivity contribution >= 4 is 40.4 Å². The first-order valence-corrected chi connectivity index (χ1v) is 5.11. The summed E-state index contributed by atoms with van der Waals surface area (Å²) in [5, 5.41) is 30.6. The van der Waals surface area contributed by atoms with Gasteiger partial charge in [-0.05, 0) is 0 Å². The molecule has 0 saturated heterocycles. The van der Waals surface area contributed by atoms with Crippen LogP contribution < -0.4 is 0 Å². The van der Waals surface area contributed by atoms with Gasteiger partial charge >= 0.3 is 5.69 Å². The van der Waals surface area contributed by atoms with Gasteiger partial charge < -0.3 is 5.11 Å². The Labute approximate surface area is 109 Å². The van der Waals surface area contributed by atoms with Gasteiger partial charge in [0.25, 0.3) is 5.69 Å². The van der Waals surface area contributed by atoms with E-state index in [1.54, 1.807) is 0 Å². The summed E-state index contributed by atoms with van der Waals surface area (Å²) in [4.78, 5) is 29.0. The largest absolute Gasteiger partial charge is 0.502 e. The molecule has 0 aliphatic rings. The van der Waals surface area contributed by atoms with E-state index in [1.165, 1.54) is 0 Å². The molecule has 96 valence electrons. The number of nitrogens with zero attached hydrogens (tertiary/aromatic N) is 2. The number of halogens is 2. The number of aromatic hydroxyl groups is 1. The molecule has 10 heteroatoms. The van der Waals surface area contributed by atoms with Gasteiger partial charge in [0.15, 0.2) is 10.6 Å². The van der Waals surface area contributed by atoms with E-state index in [0.29, 0.717) is 12.1 Å². The normalized spacial score (nSPS) is 10.4. The lowest BCUT2D eigenvalue weighted by atomic mass is 10.1. The van der Waals surface area contributed by atoms with Crippen LogP contribution in [0.2, 0.25) is 0 Å². The van der Waals surface area contributed by atoms with Gasteiger partial charge in [-0.3, -0.25) is 25.0 Å². The van der Waals surface area contributed by atoms with Crippen molar-refractivity contribution in [2.75, 3.05) is 0 Å². The number of nitro groups is 2. The van der Waals surface area contributed by atoms with Crippen molar-refractivity contribution in [3.63, 3.8) is 0 Å². The van der Waals surface area contributed by atoms with Crippen LogP contribution in [0.3, 0.4) is 0 Å². The van der Waals surface area contributed by atoms with Gasteiger partial charge in [-0.2, -0.15) is 0 Å². The van der Waals surface area contributed by atoms with Gasteiger partial charge in [0.05, 0.1) is 21.5 Å². The molecule has 0 aromatic heterocycles. The second-order valence-corrected chi connectivity index (χ2v) is 4.14. The standard InChI is InChI=1S/C8H4Cl2N2O6/c9-8(10)7(14)4-1-3(11(15)16)2-5(6(4)13)12(17)18/h1-2,8,13H. The molecule has 1 aromatic rings. The van der Waals surface area contributed by atoms with Gasteiger partial charge in [0.2, 0.25) is 5.75 Å². The number of non-ortho nitro benzene ring substituents is 1. The maximum Gasteiger partial charge on any atom is 0.318 e. The molecule has 0 aliphatic carbocycles. The maximum absolute atomic E-state index is 11.4. The molecule has 0 aliphatic heterocycles. The van der Waals surface area contributed by atoms with E-state index in [-0.39, 0.29) is 0 Å². The van der Waals surface area contributed by atoms with Crippen molar-refractivity contribution in [2.45, 2.75) is 4.84 Å². The average molecular weight is 295 g/mol. The molecular weight excluding hydrogens is 291 g/mol. The molecule has 1 rings (SSSR count). The summed E-state index contributed by atoms with van der Waals surface area (Å²) in [6.45, 7) is 0. The van der Waals surface area contributed by atoms with Crippen LogP contribution >= 0.6 is 23.2 Å². The smallest absolute Gasteiger partial charge is 0.318 e. The quantitative estimate of drug-likeness (QED) is 0.393. The molecule has 0 heterocycles. The molecule has 0 unspecified atom stereocenters. The predicted octanol–water partition coefficient (Wildman–Crippen LogP) is 2.20. The number of ketones is 1. The number of carbonyl (C=O) groups is 1. The van der Waals surface area contributed by atoms with Gasteiger partial charge in [0.1, 0.15) is 0 Å². The number of nitro benzene ring substituents is 2. The lowest BCUT2D eigenvalue weighted by molar-refractivity contribution is -0.394. The van der Waals surface area contributed by atoms with Crippen LogP contribution in [0.1, 0.15) is 10.4 Å². The molecule has 0 saturated carbocycles. The Hall–Kier alpha value is -1.93. The molecule has 0 spiro atoms. The number of hydrogen-bond donors (Lipinski definition) is 1. The van der Waals surface area contributed by atoms with Gasteiger partial charge in [-0.1, -0.05) is 23.2 Å². The summed E-state index contributed by atoms with van der Waals surface area (Å²) in [6, 6.07) is 1.20. The Morgan fingerprint density at radius 3 is 2.17 bits per heavy atom. The van der Waals surface area contributed by atoms with E-state index in [4.69, 9.17) is 23.2 Å². The van der Waals surface area contributed by atoms with Crippen molar-refractivity contribution in [3.8, 4) is 5.75 Å². The fourth-order valence-corrected chi connectivity index (χ4v) is 1.39. The Kier molecular flexibility index (Phi) is 4.04. The number of Topliss-reactive ketones (excluding diaryl/α,β-unsaturated/α-hetero) is 1. The molecule has 0 fully saturated rings. The molecule has 1 aromatic carbocycles. The van der Waals surface area contributed by atoms with Crippen molar-refractivity contribution in [1.82, 2.24) is 0 Å². The zero-order valence-corrected chi connectivity index (χ0v) is 9.88. The molecule has 0 amide bonds. The second-order valence-electron chi connectivity index (χ2n) is 3.04. The van der Waals surface area contributed by atoms with Crippen molar-refractivity contribution in [1.29, 1.82) is 0 Å². The van der Waals surface area contributed by atoms with Crippen LogP contribution in [0, 0.1) is 20.2 Å². The van der Waals surface area contributed by atoms with E-state index in [2.05, 4.69) is 0 Å². The van der Waals surface area contributed by atoms with E-state index >= 15 is 0 Å². The fourth-order valence-electron chi connectivity index (χ4n) is 1.15. The third-order valence-electron chi connectivity index (χ3n) is 1.95. The highest BCUT2D eigenvalue weighted by molar-refractivity contribution is 6.55. The summed E-state index contributed by atoms with van der Waals surface area (Å²) >= 11 is 10.5. The van der Waals surface area contributed by atoms with Gasteiger partial charge in [0, 0.05) is 6.07 Å². The summed E-state index contributed by atoms with van der Waals surface area (Å²) in [6.07, 6.45) is 0. The van der Waals surface area contributed by atoms with Gasteiger partial charge in [-0.15, -0.1) is 0 Å². The molecule has 1 N–H and O–H groups in total. The number of alkyl halides is 2. The first-order valence-electron chi connectivity index (χ1n) is 4.24. The molecular formula is C8H4Cl2N2O6. The lowest BCUT2D eigenvalue weighted by Crippen LogP contribution is -2.10. The first kappa shape index (κ1) is 14.1. The second kappa shape index (κ2) is 5.15. The summed E-state index contributed by atoms with van der Waals surface area (Å²) in [7, 11) is 0. The number of phenolic OH excluding ortho intramolecular Hbond substituents is 1. The highest BCUT2D eigenvalue weighted by Crippen LogP contribution is 2.35. The number of phenols is 1. The Bertz CT molecular complexity index is 545. The van der Waals surface area contributed by atoms with Crippen LogP contribution in [-0.2, 0) is 0 Å². The van der Waals surface area contributed by atoms with Crippen LogP contribution in [0.5, 0.6) is 5.75 Å². The summed E-state index contributed by atoms with van der Waals surface area (Å²) in [5.41, 5.74) is -2.37. The number of carbonyl (C=O) groups excluding carboxylic acids is 1. The van der Waals surface area contributed by atoms with Gasteiger partial charge in [-0.25, -0.2) is 0 Å². The van der Waals surface area contributed by atoms with E-state index in [9.17, 15) is 30.1 Å².